The van der Waals surface area contributed by atoms with Crippen LogP contribution in [0.15, 0.2) is 36.0 Å². The van der Waals surface area contributed by atoms with Crippen molar-refractivity contribution in [2.24, 2.45) is 0 Å². The zero-order chi connectivity index (χ0) is 12.0. The highest BCUT2D eigenvalue weighted by molar-refractivity contribution is 5.74. The summed E-state index contributed by atoms with van der Waals surface area (Å²) in [5.74, 6) is -0.315. The van der Waals surface area contributed by atoms with Crippen LogP contribution in [0.4, 0.5) is 9.18 Å². The molecule has 1 aromatic carbocycles. The Morgan fingerprint density at radius 2 is 2.06 bits per heavy atom. The molecule has 0 aliphatic heterocycles. The number of hydrogen-bond donors (Lipinski definition) is 2. The Kier molecular flexibility index (Phi) is 4.51. The van der Waals surface area contributed by atoms with Gasteiger partial charge >= 0.3 is 6.03 Å². The molecule has 1 aromatic rings. The predicted octanol–water partition coefficient (Wildman–Crippen LogP) is 2.55. The minimum atomic E-state index is -0.343. The molecule has 0 unspecified atom stereocenters. The van der Waals surface area contributed by atoms with Crippen LogP contribution in [-0.2, 0) is 6.54 Å². The standard InChI is InChI=1S/C12H15FN2O/c1-9(2)7-14-12(16)15-8-10-5-3-4-6-11(10)13/h3-7H,8H2,1-2H3,(H2,14,15,16). The number of carbonyl (C=O) groups is 1. The number of amides is 2. The Bertz CT molecular complexity index is 398. The van der Waals surface area contributed by atoms with E-state index in [4.69, 9.17) is 0 Å². The molecule has 0 spiro atoms. The van der Waals surface area contributed by atoms with Gasteiger partial charge in [-0.15, -0.1) is 0 Å². The van der Waals surface area contributed by atoms with E-state index < -0.39 is 0 Å². The number of benzene rings is 1. The van der Waals surface area contributed by atoms with Crippen LogP contribution in [-0.4, -0.2) is 6.03 Å². The Morgan fingerprint density at radius 3 is 2.69 bits per heavy atom. The van der Waals surface area contributed by atoms with Crippen molar-refractivity contribution >= 4 is 6.03 Å². The van der Waals surface area contributed by atoms with E-state index in [-0.39, 0.29) is 18.4 Å². The second-order valence-electron chi connectivity index (χ2n) is 3.64. The normalized spacial score (nSPS) is 9.44. The molecule has 2 N–H and O–H groups in total. The van der Waals surface area contributed by atoms with Crippen molar-refractivity contribution < 1.29 is 9.18 Å². The highest BCUT2D eigenvalue weighted by atomic mass is 19.1. The van der Waals surface area contributed by atoms with E-state index in [2.05, 4.69) is 10.6 Å². The van der Waals surface area contributed by atoms with Gasteiger partial charge in [0.1, 0.15) is 5.82 Å². The number of nitrogens with one attached hydrogen (secondary N) is 2. The Morgan fingerprint density at radius 1 is 1.38 bits per heavy atom. The van der Waals surface area contributed by atoms with Crippen LogP contribution in [0.5, 0.6) is 0 Å². The molecule has 0 bridgehead atoms. The van der Waals surface area contributed by atoms with Gasteiger partial charge in [0.2, 0.25) is 0 Å². The zero-order valence-electron chi connectivity index (χ0n) is 9.38. The van der Waals surface area contributed by atoms with E-state index in [0.717, 1.165) is 5.57 Å². The molecule has 0 heterocycles. The maximum Gasteiger partial charge on any atom is 0.319 e. The first kappa shape index (κ1) is 12.2. The molecular formula is C12H15FN2O. The van der Waals surface area contributed by atoms with Crippen LogP contribution < -0.4 is 10.6 Å². The summed E-state index contributed by atoms with van der Waals surface area (Å²) in [5, 5.41) is 5.10. The van der Waals surface area contributed by atoms with E-state index in [1.54, 1.807) is 24.4 Å². The lowest BCUT2D eigenvalue weighted by molar-refractivity contribution is 0.243. The molecule has 2 amide bonds. The van der Waals surface area contributed by atoms with E-state index >= 15 is 0 Å². The summed E-state index contributed by atoms with van der Waals surface area (Å²) in [7, 11) is 0. The molecule has 0 atom stereocenters. The van der Waals surface area contributed by atoms with Gasteiger partial charge in [0.15, 0.2) is 0 Å². The molecule has 0 radical (unpaired) electrons. The third-order valence-corrected chi connectivity index (χ3v) is 1.89. The first-order chi connectivity index (χ1) is 7.59. The van der Waals surface area contributed by atoms with Crippen molar-refractivity contribution in [3.63, 3.8) is 0 Å². The van der Waals surface area contributed by atoms with Crippen molar-refractivity contribution in [2.75, 3.05) is 0 Å². The topological polar surface area (TPSA) is 41.1 Å². The van der Waals surface area contributed by atoms with Crippen molar-refractivity contribution in [1.82, 2.24) is 10.6 Å². The van der Waals surface area contributed by atoms with Gasteiger partial charge in [-0.1, -0.05) is 23.8 Å². The number of urea groups is 1. The van der Waals surface area contributed by atoms with Crippen molar-refractivity contribution in [3.05, 3.63) is 47.4 Å². The zero-order valence-corrected chi connectivity index (χ0v) is 9.38. The highest BCUT2D eigenvalue weighted by Crippen LogP contribution is 2.05. The molecule has 0 saturated heterocycles. The first-order valence-electron chi connectivity index (χ1n) is 5.00. The van der Waals surface area contributed by atoms with Gasteiger partial charge in [0.05, 0.1) is 0 Å². The second kappa shape index (κ2) is 5.90. The van der Waals surface area contributed by atoms with Crippen LogP contribution in [0.2, 0.25) is 0 Å². The lowest BCUT2D eigenvalue weighted by atomic mass is 10.2. The summed E-state index contributed by atoms with van der Waals surface area (Å²) in [5.41, 5.74) is 1.45. The lowest BCUT2D eigenvalue weighted by Gasteiger charge is -2.05. The van der Waals surface area contributed by atoms with Crippen LogP contribution in [0.25, 0.3) is 0 Å². The molecule has 0 aliphatic carbocycles. The van der Waals surface area contributed by atoms with Crippen LogP contribution in [0.1, 0.15) is 19.4 Å². The van der Waals surface area contributed by atoms with Crippen LogP contribution >= 0.6 is 0 Å². The molecule has 0 saturated carbocycles. The number of hydrogen-bond acceptors (Lipinski definition) is 1. The molecule has 0 fully saturated rings. The largest absolute Gasteiger partial charge is 0.334 e. The van der Waals surface area contributed by atoms with Crippen LogP contribution in [0, 0.1) is 5.82 Å². The summed E-state index contributed by atoms with van der Waals surface area (Å²) in [4.78, 5) is 11.2. The summed E-state index contributed by atoms with van der Waals surface area (Å²) in [6.45, 7) is 3.92. The maximum atomic E-state index is 13.2. The maximum absolute atomic E-state index is 13.2. The number of rotatable bonds is 3. The lowest BCUT2D eigenvalue weighted by Crippen LogP contribution is -2.32. The van der Waals surface area contributed by atoms with Gasteiger partial charge in [-0.3, -0.25) is 0 Å². The second-order valence-corrected chi connectivity index (χ2v) is 3.64. The third kappa shape index (κ3) is 4.13. The Labute approximate surface area is 94.4 Å². The Balaban J connectivity index is 2.43. The van der Waals surface area contributed by atoms with Gasteiger partial charge in [0, 0.05) is 18.3 Å². The fourth-order valence-electron chi connectivity index (χ4n) is 1.08. The number of allylic oxidation sites excluding steroid dienone is 1. The van der Waals surface area contributed by atoms with Gasteiger partial charge in [-0.2, -0.15) is 0 Å². The first-order valence-corrected chi connectivity index (χ1v) is 5.00. The third-order valence-electron chi connectivity index (χ3n) is 1.89. The summed E-state index contributed by atoms with van der Waals surface area (Å²) < 4.78 is 13.2. The van der Waals surface area contributed by atoms with Gasteiger partial charge in [-0.05, 0) is 19.9 Å². The van der Waals surface area contributed by atoms with Crippen molar-refractivity contribution in [3.8, 4) is 0 Å². The molecule has 0 aliphatic rings. The SMILES string of the molecule is CC(C)=CNC(=O)NCc1ccccc1F. The minimum Gasteiger partial charge on any atom is -0.334 e. The van der Waals surface area contributed by atoms with Gasteiger partial charge < -0.3 is 10.6 Å². The molecule has 16 heavy (non-hydrogen) atoms. The quantitative estimate of drug-likeness (QED) is 0.810. The average Bonchev–Trinajstić information content (AvgIpc) is 2.25. The Hall–Kier alpha value is -1.84. The van der Waals surface area contributed by atoms with Gasteiger partial charge in [-0.25, -0.2) is 9.18 Å². The number of halogens is 1. The molecule has 86 valence electrons. The predicted molar refractivity (Wildman–Crippen MR) is 61.2 cm³/mol. The van der Waals surface area contributed by atoms with Crippen LogP contribution in [0.3, 0.4) is 0 Å². The highest BCUT2D eigenvalue weighted by Gasteiger charge is 2.02. The molecule has 0 aromatic heterocycles. The van der Waals surface area contributed by atoms with E-state index in [9.17, 15) is 9.18 Å². The van der Waals surface area contributed by atoms with E-state index in [1.807, 2.05) is 13.8 Å². The smallest absolute Gasteiger partial charge is 0.319 e. The average molecular weight is 222 g/mol. The number of carbonyl (C=O) groups excluding carboxylic acids is 1. The molecule has 4 heteroatoms. The van der Waals surface area contributed by atoms with Gasteiger partial charge in [0.25, 0.3) is 0 Å². The van der Waals surface area contributed by atoms with Crippen molar-refractivity contribution in [2.45, 2.75) is 20.4 Å². The molecular weight excluding hydrogens is 207 g/mol. The van der Waals surface area contributed by atoms with Crippen molar-refractivity contribution in [1.29, 1.82) is 0 Å². The summed E-state index contributed by atoms with van der Waals surface area (Å²) >= 11 is 0. The summed E-state index contributed by atoms with van der Waals surface area (Å²) in [6, 6.07) is 6.00. The van der Waals surface area contributed by atoms with E-state index in [0.29, 0.717) is 5.56 Å². The minimum absolute atomic E-state index is 0.176. The molecule has 3 nitrogen and oxygen atoms in total. The van der Waals surface area contributed by atoms with E-state index in [1.165, 1.54) is 6.07 Å². The molecule has 1 rings (SSSR count). The summed E-state index contributed by atoms with van der Waals surface area (Å²) in [6.07, 6.45) is 1.59. The monoisotopic (exact) mass is 222 g/mol. The fourth-order valence-corrected chi connectivity index (χ4v) is 1.08. The fraction of sp³-hybridized carbons (Fsp3) is 0.250.